The van der Waals surface area contributed by atoms with Crippen LogP contribution < -0.4 is 31.5 Å². The molecule has 1 aliphatic rings. The minimum absolute atomic E-state index is 0.0222. The van der Waals surface area contributed by atoms with Crippen molar-refractivity contribution in [3.63, 3.8) is 0 Å². The number of methoxy groups -OCH3 is 2. The Morgan fingerprint density at radius 1 is 1.24 bits per heavy atom. The van der Waals surface area contributed by atoms with Gasteiger partial charge in [0.25, 0.3) is 5.91 Å². The lowest BCUT2D eigenvalue weighted by Gasteiger charge is -2.20. The first-order valence-electron chi connectivity index (χ1n) is 12.1. The molecular formula is C25H32FN9O3. The van der Waals surface area contributed by atoms with Crippen molar-refractivity contribution >= 4 is 17.5 Å². The van der Waals surface area contributed by atoms with Crippen molar-refractivity contribution in [1.29, 1.82) is 0 Å². The topological polar surface area (TPSA) is 150 Å². The molecule has 13 heteroatoms. The first kappa shape index (κ1) is 26.8. The summed E-state index contributed by atoms with van der Waals surface area (Å²) < 4.78 is 27.0. The van der Waals surface area contributed by atoms with Crippen molar-refractivity contribution in [2.45, 2.75) is 32.5 Å². The average Bonchev–Trinajstić information content (AvgIpc) is 3.59. The van der Waals surface area contributed by atoms with E-state index in [9.17, 15) is 4.79 Å². The first-order valence-corrected chi connectivity index (χ1v) is 12.1. The van der Waals surface area contributed by atoms with Crippen LogP contribution in [0.4, 0.5) is 16.0 Å². The molecule has 0 bridgehead atoms. The van der Waals surface area contributed by atoms with Gasteiger partial charge in [0.15, 0.2) is 11.6 Å². The summed E-state index contributed by atoms with van der Waals surface area (Å²) in [4.78, 5) is 24.3. The van der Waals surface area contributed by atoms with E-state index in [1.807, 2.05) is 0 Å². The molecule has 12 nitrogen and oxygen atoms in total. The fraction of sp³-hybridized carbons (Fsp3) is 0.360. The standard InChI is InChI=1S/C25H32FN9O3/c1-37-16-20-19(15-34(32-20)14-17-11-30-25(31-12-17)33-8-3-4-9-33)24(36)29-13-18-21(35(28)10-7-27)5-6-22(38-2)23(18)26/h5-7,10-12,15H,3-4,8-9,13-14,16,27-28H2,1-2H3,(H,29,36)/b10-7-. The van der Waals surface area contributed by atoms with E-state index in [0.29, 0.717) is 29.4 Å². The summed E-state index contributed by atoms with van der Waals surface area (Å²) in [5.41, 5.74) is 7.46. The molecule has 1 aliphatic heterocycles. The van der Waals surface area contributed by atoms with E-state index in [-0.39, 0.29) is 24.5 Å². The minimum Gasteiger partial charge on any atom is -0.494 e. The van der Waals surface area contributed by atoms with Crippen molar-refractivity contribution in [3.8, 4) is 5.75 Å². The third-order valence-corrected chi connectivity index (χ3v) is 6.14. The third-order valence-electron chi connectivity index (χ3n) is 6.14. The number of benzene rings is 1. The van der Waals surface area contributed by atoms with Gasteiger partial charge < -0.3 is 25.4 Å². The number of nitrogens with one attached hydrogen (secondary N) is 1. The number of anilines is 2. The normalized spacial score (nSPS) is 13.3. The number of hydrogen-bond donors (Lipinski definition) is 3. The van der Waals surface area contributed by atoms with Crippen LogP contribution in [0.1, 0.15) is 40.0 Å². The van der Waals surface area contributed by atoms with Gasteiger partial charge in [0, 0.05) is 68.9 Å². The maximum absolute atomic E-state index is 15.1. The van der Waals surface area contributed by atoms with Crippen LogP contribution in [0, 0.1) is 5.82 Å². The molecule has 1 amide bonds. The highest BCUT2D eigenvalue weighted by molar-refractivity contribution is 5.95. The molecule has 1 aromatic carbocycles. The summed E-state index contributed by atoms with van der Waals surface area (Å²) >= 11 is 0. The second kappa shape index (κ2) is 12.3. The van der Waals surface area contributed by atoms with E-state index in [0.717, 1.165) is 36.5 Å². The van der Waals surface area contributed by atoms with E-state index in [4.69, 9.17) is 21.1 Å². The maximum atomic E-state index is 15.1. The Balaban J connectivity index is 1.51. The van der Waals surface area contributed by atoms with Gasteiger partial charge in [0.2, 0.25) is 5.95 Å². The molecule has 0 radical (unpaired) electrons. The molecule has 0 unspecified atom stereocenters. The second-order valence-electron chi connectivity index (χ2n) is 8.72. The molecule has 2 aromatic heterocycles. The van der Waals surface area contributed by atoms with Gasteiger partial charge in [-0.3, -0.25) is 14.5 Å². The highest BCUT2D eigenvalue weighted by Gasteiger charge is 2.21. The lowest BCUT2D eigenvalue weighted by atomic mass is 10.1. The van der Waals surface area contributed by atoms with Gasteiger partial charge in [-0.2, -0.15) is 5.10 Å². The predicted octanol–water partition coefficient (Wildman–Crippen LogP) is 1.66. The number of carbonyl (C=O) groups is 1. The van der Waals surface area contributed by atoms with E-state index >= 15 is 4.39 Å². The number of ether oxygens (including phenoxy) is 2. The number of nitrogens with zero attached hydrogens (tertiary/aromatic N) is 6. The summed E-state index contributed by atoms with van der Waals surface area (Å²) in [7, 11) is 2.88. The fourth-order valence-electron chi connectivity index (χ4n) is 4.27. The van der Waals surface area contributed by atoms with Crippen molar-refractivity contribution in [2.75, 3.05) is 37.2 Å². The van der Waals surface area contributed by atoms with Crippen LogP contribution >= 0.6 is 0 Å². The molecule has 0 saturated carbocycles. The first-order chi connectivity index (χ1) is 18.4. The van der Waals surface area contributed by atoms with Crippen molar-refractivity contribution in [2.24, 2.45) is 11.6 Å². The molecule has 5 N–H and O–H groups in total. The van der Waals surface area contributed by atoms with Crippen LogP contribution in [0.5, 0.6) is 5.75 Å². The molecule has 3 heterocycles. The van der Waals surface area contributed by atoms with Crippen molar-refractivity contribution < 1.29 is 18.7 Å². The van der Waals surface area contributed by atoms with Gasteiger partial charge in [0.1, 0.15) is 5.69 Å². The SMILES string of the molecule is COCc1nn(Cc2cnc(N3CCCC3)nc2)cc1C(=O)NCc1c(N(N)/C=C\N)ccc(OC)c1F. The Morgan fingerprint density at radius 3 is 2.63 bits per heavy atom. The monoisotopic (exact) mass is 525 g/mol. The average molecular weight is 526 g/mol. The zero-order valence-corrected chi connectivity index (χ0v) is 21.4. The summed E-state index contributed by atoms with van der Waals surface area (Å²) in [6.07, 6.45) is 10.0. The number of aromatic nitrogens is 4. The minimum atomic E-state index is -0.642. The Bertz CT molecular complexity index is 1270. The molecule has 1 saturated heterocycles. The largest absolute Gasteiger partial charge is 0.494 e. The number of amides is 1. The molecule has 202 valence electrons. The molecule has 0 spiro atoms. The Labute approximate surface area is 220 Å². The quantitative estimate of drug-likeness (QED) is 0.249. The zero-order chi connectivity index (χ0) is 27.1. The number of halogens is 1. The number of rotatable bonds is 11. The molecule has 1 fully saturated rings. The van der Waals surface area contributed by atoms with Gasteiger partial charge >= 0.3 is 0 Å². The van der Waals surface area contributed by atoms with Gasteiger partial charge in [-0.25, -0.2) is 20.2 Å². The van der Waals surface area contributed by atoms with Gasteiger partial charge in [-0.05, 0) is 25.0 Å². The maximum Gasteiger partial charge on any atom is 0.255 e. The predicted molar refractivity (Wildman–Crippen MR) is 140 cm³/mol. The van der Waals surface area contributed by atoms with Crippen molar-refractivity contribution in [1.82, 2.24) is 25.1 Å². The third kappa shape index (κ3) is 6.01. The highest BCUT2D eigenvalue weighted by atomic mass is 19.1. The molecule has 0 aliphatic carbocycles. The zero-order valence-electron chi connectivity index (χ0n) is 21.4. The Hall–Kier alpha value is -4.23. The van der Waals surface area contributed by atoms with Crippen LogP contribution in [-0.4, -0.2) is 53.0 Å². The Morgan fingerprint density at radius 2 is 1.97 bits per heavy atom. The molecule has 0 atom stereocenters. The van der Waals surface area contributed by atoms with E-state index in [1.54, 1.807) is 29.3 Å². The number of nitrogens with two attached hydrogens (primary N) is 2. The number of hydrazine groups is 1. The van der Waals surface area contributed by atoms with Crippen molar-refractivity contribution in [3.05, 3.63) is 71.3 Å². The van der Waals surface area contributed by atoms with Crippen LogP contribution in [0.15, 0.2) is 43.1 Å². The Kier molecular flexibility index (Phi) is 8.71. The second-order valence-corrected chi connectivity index (χ2v) is 8.72. The van der Waals surface area contributed by atoms with Crippen LogP contribution in [-0.2, 0) is 24.4 Å². The summed E-state index contributed by atoms with van der Waals surface area (Å²) in [6, 6.07) is 3.02. The number of carbonyl (C=O) groups excluding carboxylic acids is 1. The molecule has 38 heavy (non-hydrogen) atoms. The lowest BCUT2D eigenvalue weighted by molar-refractivity contribution is 0.0945. The van der Waals surface area contributed by atoms with Gasteiger partial charge in [-0.1, -0.05) is 0 Å². The van der Waals surface area contributed by atoms with E-state index in [1.165, 1.54) is 32.7 Å². The smallest absolute Gasteiger partial charge is 0.255 e. The highest BCUT2D eigenvalue weighted by Crippen LogP contribution is 2.29. The van der Waals surface area contributed by atoms with E-state index < -0.39 is 11.7 Å². The lowest BCUT2D eigenvalue weighted by Crippen LogP contribution is -2.29. The van der Waals surface area contributed by atoms with Gasteiger partial charge in [-0.15, -0.1) is 0 Å². The summed E-state index contributed by atoms with van der Waals surface area (Å²) in [5.74, 6) is 5.62. The number of hydrogen-bond acceptors (Lipinski definition) is 10. The molecule has 4 rings (SSSR count). The fourth-order valence-corrected chi connectivity index (χ4v) is 4.27. The van der Waals surface area contributed by atoms with Crippen LogP contribution in [0.2, 0.25) is 0 Å². The molecule has 3 aromatic rings. The molecular weight excluding hydrogens is 493 g/mol. The summed E-state index contributed by atoms with van der Waals surface area (Å²) in [6.45, 7) is 2.26. The van der Waals surface area contributed by atoms with E-state index in [2.05, 4.69) is 25.3 Å². The van der Waals surface area contributed by atoms with Crippen LogP contribution in [0.25, 0.3) is 0 Å². The van der Waals surface area contributed by atoms with Crippen LogP contribution in [0.3, 0.4) is 0 Å². The van der Waals surface area contributed by atoms with Gasteiger partial charge in [0.05, 0.1) is 31.5 Å². The summed E-state index contributed by atoms with van der Waals surface area (Å²) in [5, 5.41) is 8.42.